The first-order chi connectivity index (χ1) is 15.4. The van der Waals surface area contributed by atoms with Gasteiger partial charge in [0, 0.05) is 5.56 Å². The lowest BCUT2D eigenvalue weighted by atomic mass is 9.63. The van der Waals surface area contributed by atoms with Crippen LogP contribution in [0.1, 0.15) is 16.8 Å². The minimum atomic E-state index is -0.611. The van der Waals surface area contributed by atoms with E-state index in [1.165, 1.54) is 24.5 Å². The summed E-state index contributed by atoms with van der Waals surface area (Å²) in [6.07, 6.45) is 7.96. The Morgan fingerprint density at radius 1 is 1.09 bits per heavy atom. The van der Waals surface area contributed by atoms with Gasteiger partial charge in [-0.3, -0.25) is 14.4 Å². The van der Waals surface area contributed by atoms with Crippen LogP contribution in [0.2, 0.25) is 5.02 Å². The van der Waals surface area contributed by atoms with Gasteiger partial charge in [-0.05, 0) is 48.3 Å². The predicted octanol–water partition coefficient (Wildman–Crippen LogP) is 3.09. The first kappa shape index (κ1) is 19.5. The van der Waals surface area contributed by atoms with Crippen molar-refractivity contribution in [1.29, 1.82) is 0 Å². The summed E-state index contributed by atoms with van der Waals surface area (Å²) in [6.45, 7) is -0.325. The highest BCUT2D eigenvalue weighted by molar-refractivity contribution is 6.31. The average Bonchev–Trinajstić information content (AvgIpc) is 3.58. The topological polar surface area (TPSA) is 89.5 Å². The van der Waals surface area contributed by atoms with E-state index >= 15 is 0 Å². The molecule has 7 rings (SSSR count). The number of benzene rings is 1. The van der Waals surface area contributed by atoms with E-state index in [0.29, 0.717) is 11.8 Å². The number of anilines is 1. The number of halogens is 2. The van der Waals surface area contributed by atoms with Crippen molar-refractivity contribution in [2.75, 3.05) is 11.5 Å². The molecule has 0 radical (unpaired) electrons. The van der Waals surface area contributed by atoms with Crippen molar-refractivity contribution in [3.05, 3.63) is 59.1 Å². The van der Waals surface area contributed by atoms with Gasteiger partial charge >= 0.3 is 0 Å². The van der Waals surface area contributed by atoms with Crippen molar-refractivity contribution < 1.29 is 23.5 Å². The van der Waals surface area contributed by atoms with Crippen LogP contribution in [0.5, 0.6) is 5.75 Å². The van der Waals surface area contributed by atoms with Crippen LogP contribution in [0.4, 0.5) is 10.3 Å². The van der Waals surface area contributed by atoms with Crippen LogP contribution in [0, 0.1) is 41.3 Å². The number of amides is 2. The van der Waals surface area contributed by atoms with E-state index in [9.17, 15) is 18.8 Å². The molecule has 2 aromatic rings. The lowest BCUT2D eigenvalue weighted by Gasteiger charge is -2.37. The summed E-state index contributed by atoms with van der Waals surface area (Å²) in [4.78, 5) is 47.8. The summed E-state index contributed by atoms with van der Waals surface area (Å²) in [5, 5.41) is -0.148. The molecule has 2 bridgehead atoms. The fraction of sp³-hybridized carbons (Fsp3) is 0.348. The standard InChI is InChI=1S/C23H17ClFN3O4/c24-16-5-10(1-4-17(16)25)18(29)9-32-11-7-26-23(27-8-11)28-21(30)19-12-2-3-13(15-6-14(12)15)20(19)22(28)31/h1-5,7-8,12-15,19-20H,6,9H2/t12-,13?,14?,15?,19?,20?/m1/s1. The van der Waals surface area contributed by atoms with Crippen molar-refractivity contribution in [2.24, 2.45) is 35.5 Å². The maximum atomic E-state index is 13.3. The van der Waals surface area contributed by atoms with Crippen LogP contribution in [0.25, 0.3) is 0 Å². The van der Waals surface area contributed by atoms with E-state index in [2.05, 4.69) is 22.1 Å². The molecule has 1 saturated heterocycles. The zero-order chi connectivity index (χ0) is 22.1. The Hall–Kier alpha value is -3.13. The highest BCUT2D eigenvalue weighted by Crippen LogP contribution is 2.65. The van der Waals surface area contributed by atoms with Crippen molar-refractivity contribution in [3.63, 3.8) is 0 Å². The summed E-state index contributed by atoms with van der Waals surface area (Å²) < 4.78 is 18.7. The van der Waals surface area contributed by atoms with E-state index in [0.717, 1.165) is 17.4 Å². The second-order valence-electron chi connectivity index (χ2n) is 8.73. The molecule has 2 amide bonds. The fourth-order valence-electron chi connectivity index (χ4n) is 5.56. The maximum absolute atomic E-state index is 13.3. The molecule has 9 heteroatoms. The van der Waals surface area contributed by atoms with Crippen molar-refractivity contribution >= 4 is 35.1 Å². The normalized spacial score (nSPS) is 31.5. The lowest BCUT2D eigenvalue weighted by molar-refractivity contribution is -0.124. The lowest BCUT2D eigenvalue weighted by Crippen LogP contribution is -2.40. The zero-order valence-electron chi connectivity index (χ0n) is 16.7. The second-order valence-corrected chi connectivity index (χ2v) is 9.13. The largest absolute Gasteiger partial charge is 0.482 e. The molecule has 6 atom stereocenters. The van der Waals surface area contributed by atoms with Crippen molar-refractivity contribution in [1.82, 2.24) is 9.97 Å². The smallest absolute Gasteiger partial charge is 0.240 e. The van der Waals surface area contributed by atoms with E-state index in [4.69, 9.17) is 16.3 Å². The number of carbonyl (C=O) groups is 3. The van der Waals surface area contributed by atoms with Gasteiger partial charge in [0.25, 0.3) is 0 Å². The van der Waals surface area contributed by atoms with Gasteiger partial charge in [0.1, 0.15) is 5.82 Å². The summed E-state index contributed by atoms with van der Waals surface area (Å²) in [5.74, 6) is -0.589. The zero-order valence-corrected chi connectivity index (χ0v) is 17.4. The minimum absolute atomic E-state index is 0.0199. The second kappa shape index (κ2) is 6.93. The summed E-state index contributed by atoms with van der Waals surface area (Å²) >= 11 is 5.70. The van der Waals surface area contributed by atoms with Gasteiger partial charge in [-0.1, -0.05) is 23.8 Å². The molecule has 2 saturated carbocycles. The Labute approximate surface area is 187 Å². The molecule has 1 aromatic heterocycles. The molecule has 1 aliphatic heterocycles. The molecule has 3 fully saturated rings. The fourth-order valence-corrected chi connectivity index (χ4v) is 5.74. The first-order valence-electron chi connectivity index (χ1n) is 10.4. The third-order valence-electron chi connectivity index (χ3n) is 7.09. The summed E-state index contributed by atoms with van der Waals surface area (Å²) in [6, 6.07) is 3.67. The molecular weight excluding hydrogens is 437 g/mol. The molecule has 32 heavy (non-hydrogen) atoms. The number of ketones is 1. The monoisotopic (exact) mass is 453 g/mol. The molecule has 5 unspecified atom stereocenters. The number of Topliss-reactive ketones (excluding diaryl/α,β-unsaturated/α-hetero) is 1. The van der Waals surface area contributed by atoms with E-state index in [1.54, 1.807) is 0 Å². The third kappa shape index (κ3) is 2.82. The number of hydrogen-bond acceptors (Lipinski definition) is 6. The van der Waals surface area contributed by atoms with E-state index < -0.39 is 11.6 Å². The van der Waals surface area contributed by atoms with E-state index in [1.807, 2.05) is 0 Å². The van der Waals surface area contributed by atoms with Crippen LogP contribution in [0.3, 0.4) is 0 Å². The number of allylic oxidation sites excluding steroid dienone is 2. The van der Waals surface area contributed by atoms with Crippen LogP contribution in [-0.4, -0.2) is 34.2 Å². The first-order valence-corrected chi connectivity index (χ1v) is 10.8. The third-order valence-corrected chi connectivity index (χ3v) is 7.38. The molecule has 1 aromatic carbocycles. The van der Waals surface area contributed by atoms with Crippen LogP contribution < -0.4 is 9.64 Å². The molecule has 7 nitrogen and oxygen atoms in total. The SMILES string of the molecule is O=C(COc1cnc(N2C(=O)C3C4C=C[C@H](C5CC45)C3C2=O)nc1)c1ccc(F)c(Cl)c1. The van der Waals surface area contributed by atoms with Crippen LogP contribution in [0.15, 0.2) is 42.7 Å². The number of hydrogen-bond donors (Lipinski definition) is 0. The van der Waals surface area contributed by atoms with Crippen LogP contribution in [-0.2, 0) is 9.59 Å². The highest BCUT2D eigenvalue weighted by Gasteiger charge is 2.67. The number of imide groups is 1. The number of ether oxygens (including phenoxy) is 1. The molecule has 4 aliphatic carbocycles. The van der Waals surface area contributed by atoms with Crippen LogP contribution >= 0.6 is 11.6 Å². The Bertz CT molecular complexity index is 1160. The Kier molecular flexibility index (Phi) is 4.24. The van der Waals surface area contributed by atoms with Gasteiger partial charge < -0.3 is 4.74 Å². The number of nitrogens with zero attached hydrogens (tertiary/aromatic N) is 3. The number of carbonyl (C=O) groups excluding carboxylic acids is 3. The number of rotatable bonds is 5. The average molecular weight is 454 g/mol. The molecule has 0 spiro atoms. The minimum Gasteiger partial charge on any atom is -0.482 e. The molecule has 0 N–H and O–H groups in total. The van der Waals surface area contributed by atoms with Gasteiger partial charge in [-0.25, -0.2) is 19.3 Å². The van der Waals surface area contributed by atoms with Gasteiger partial charge in [0.05, 0.1) is 29.3 Å². The summed E-state index contributed by atoms with van der Waals surface area (Å²) in [5.41, 5.74) is 0.214. The van der Waals surface area contributed by atoms with Crippen molar-refractivity contribution in [2.45, 2.75) is 6.42 Å². The molecule has 162 valence electrons. The molecule has 5 aliphatic rings. The highest BCUT2D eigenvalue weighted by atomic mass is 35.5. The number of aromatic nitrogens is 2. The Morgan fingerprint density at radius 3 is 2.31 bits per heavy atom. The predicted molar refractivity (Wildman–Crippen MR) is 110 cm³/mol. The van der Waals surface area contributed by atoms with Gasteiger partial charge in [-0.15, -0.1) is 0 Å². The summed E-state index contributed by atoms with van der Waals surface area (Å²) in [7, 11) is 0. The van der Waals surface area contributed by atoms with Gasteiger partial charge in [-0.2, -0.15) is 0 Å². The Morgan fingerprint density at radius 2 is 1.72 bits per heavy atom. The molecular formula is C23H17ClFN3O4. The quantitative estimate of drug-likeness (QED) is 0.392. The van der Waals surface area contributed by atoms with Crippen molar-refractivity contribution in [3.8, 4) is 5.75 Å². The van der Waals surface area contributed by atoms with Gasteiger partial charge in [0.15, 0.2) is 18.1 Å². The van der Waals surface area contributed by atoms with E-state index in [-0.39, 0.29) is 64.4 Å². The molecule has 2 heterocycles. The van der Waals surface area contributed by atoms with Gasteiger partial charge in [0.2, 0.25) is 17.8 Å². The maximum Gasteiger partial charge on any atom is 0.240 e. The Balaban J connectivity index is 1.15.